The van der Waals surface area contributed by atoms with Crippen LogP contribution < -0.4 is 15.1 Å². The van der Waals surface area contributed by atoms with E-state index in [0.717, 1.165) is 45.0 Å². The van der Waals surface area contributed by atoms with Crippen molar-refractivity contribution in [2.45, 2.75) is 70.3 Å². The van der Waals surface area contributed by atoms with Crippen LogP contribution in [-0.2, 0) is 15.0 Å². The normalized spacial score (nSPS) is 31.4. The third kappa shape index (κ3) is 3.87. The lowest BCUT2D eigenvalue weighted by Crippen LogP contribution is -2.54. The van der Waals surface area contributed by atoms with Crippen molar-refractivity contribution in [2.75, 3.05) is 16.8 Å². The van der Waals surface area contributed by atoms with Crippen molar-refractivity contribution < 1.29 is 14.4 Å². The number of allylic oxidation sites excluding steroid dienone is 1. The molecule has 0 atom stereocenters. The summed E-state index contributed by atoms with van der Waals surface area (Å²) in [5.74, 6) is 1.26. The molecule has 8 rings (SSSR count). The van der Waals surface area contributed by atoms with Gasteiger partial charge in [0.1, 0.15) is 5.57 Å². The number of rotatable bonds is 3. The van der Waals surface area contributed by atoms with Crippen LogP contribution in [0.5, 0.6) is 0 Å². The molecule has 0 radical (unpaired) electrons. The summed E-state index contributed by atoms with van der Waals surface area (Å²) >= 11 is 0. The van der Waals surface area contributed by atoms with E-state index in [0.29, 0.717) is 5.69 Å². The van der Waals surface area contributed by atoms with Crippen LogP contribution in [0.15, 0.2) is 54.1 Å². The Bertz CT molecular complexity index is 1480. The van der Waals surface area contributed by atoms with Crippen LogP contribution >= 0.6 is 0 Å². The molecule has 2 aromatic rings. The number of nitrogens with zero attached hydrogens (tertiary/aromatic N) is 2. The van der Waals surface area contributed by atoms with Crippen LogP contribution in [0.3, 0.4) is 0 Å². The molecule has 0 aromatic heterocycles. The molecule has 5 fully saturated rings. The topological polar surface area (TPSA) is 69.7 Å². The minimum atomic E-state index is -0.706. The average molecular weight is 536 g/mol. The van der Waals surface area contributed by atoms with E-state index in [1.165, 1.54) is 44.1 Å². The molecule has 1 saturated heterocycles. The van der Waals surface area contributed by atoms with E-state index < -0.39 is 17.8 Å². The fraction of sp³-hybridized carbons (Fsp3) is 0.441. The van der Waals surface area contributed by atoms with Crippen molar-refractivity contribution in [3.8, 4) is 0 Å². The van der Waals surface area contributed by atoms with Gasteiger partial charge in [0.15, 0.2) is 0 Å². The summed E-state index contributed by atoms with van der Waals surface area (Å²) in [6.07, 6.45) is 11.7. The molecule has 40 heavy (non-hydrogen) atoms. The Balaban J connectivity index is 1.18. The van der Waals surface area contributed by atoms with E-state index in [9.17, 15) is 14.4 Å². The predicted octanol–water partition coefficient (Wildman–Crippen LogP) is 6.45. The monoisotopic (exact) mass is 535 g/mol. The van der Waals surface area contributed by atoms with Crippen LogP contribution in [0, 0.1) is 17.8 Å². The van der Waals surface area contributed by atoms with Gasteiger partial charge in [-0.1, -0.05) is 24.3 Å². The van der Waals surface area contributed by atoms with E-state index in [1.54, 1.807) is 6.08 Å². The van der Waals surface area contributed by atoms with E-state index in [2.05, 4.69) is 56.2 Å². The van der Waals surface area contributed by atoms with Crippen LogP contribution in [0.2, 0.25) is 0 Å². The van der Waals surface area contributed by atoms with Crippen LogP contribution in [0.4, 0.5) is 16.2 Å². The summed E-state index contributed by atoms with van der Waals surface area (Å²) in [7, 11) is 2.07. The molecule has 4 amide bonds. The number of hydrogen-bond donors (Lipinski definition) is 1. The number of barbiturate groups is 1. The predicted molar refractivity (Wildman–Crippen MR) is 158 cm³/mol. The van der Waals surface area contributed by atoms with Gasteiger partial charge in [0.05, 0.1) is 11.2 Å². The number of imide groups is 2. The Labute approximate surface area is 236 Å². The Kier molecular flexibility index (Phi) is 5.48. The number of carbonyl (C=O) groups excluding carboxylic acids is 3. The van der Waals surface area contributed by atoms with E-state index in [4.69, 9.17) is 0 Å². The zero-order valence-corrected chi connectivity index (χ0v) is 23.8. The Morgan fingerprint density at radius 3 is 2.15 bits per heavy atom. The van der Waals surface area contributed by atoms with Crippen molar-refractivity contribution in [1.29, 1.82) is 0 Å². The standard InChI is InChI=1S/C34H37N3O3/c1-20-16-33(2,3)36(4)29-10-5-21(14-27(20)29)15-28-30(38)35-32(40)37(31(28)39)26-8-6-25(7-9-26)34-17-22-11-23(18-34)13-24(12-22)19-34/h5-10,14-16,22-24H,11-13,17-19H2,1-4H3,(H,35,38,40)/b28-15-. The molecule has 2 aliphatic heterocycles. The number of hydrogen-bond acceptors (Lipinski definition) is 4. The number of amides is 4. The summed E-state index contributed by atoms with van der Waals surface area (Å²) in [6, 6.07) is 13.2. The lowest BCUT2D eigenvalue weighted by atomic mass is 9.48. The average Bonchev–Trinajstić information content (AvgIpc) is 2.89. The summed E-state index contributed by atoms with van der Waals surface area (Å²) < 4.78 is 0. The highest BCUT2D eigenvalue weighted by Crippen LogP contribution is 2.60. The highest BCUT2D eigenvalue weighted by atomic mass is 16.2. The quantitative estimate of drug-likeness (QED) is 0.362. The first-order valence-electron chi connectivity index (χ1n) is 14.6. The highest BCUT2D eigenvalue weighted by molar-refractivity contribution is 6.39. The Morgan fingerprint density at radius 1 is 0.900 bits per heavy atom. The van der Waals surface area contributed by atoms with Crippen molar-refractivity contribution >= 4 is 40.9 Å². The molecule has 1 N–H and O–H groups in total. The van der Waals surface area contributed by atoms with Crippen molar-refractivity contribution in [2.24, 2.45) is 17.8 Å². The van der Waals surface area contributed by atoms with Gasteiger partial charge in [-0.05, 0) is 130 Å². The number of nitrogens with one attached hydrogen (secondary N) is 1. The maximum atomic E-state index is 13.6. The smallest absolute Gasteiger partial charge is 0.335 e. The largest absolute Gasteiger partial charge is 0.366 e. The first-order valence-corrected chi connectivity index (χ1v) is 14.6. The van der Waals surface area contributed by atoms with Gasteiger partial charge in [-0.15, -0.1) is 0 Å². The molecule has 4 saturated carbocycles. The minimum absolute atomic E-state index is 0.0455. The van der Waals surface area contributed by atoms with Crippen molar-refractivity contribution in [3.05, 3.63) is 70.8 Å². The zero-order valence-electron chi connectivity index (χ0n) is 23.8. The van der Waals surface area contributed by atoms with Gasteiger partial charge >= 0.3 is 6.03 Å². The summed E-state index contributed by atoms with van der Waals surface area (Å²) in [4.78, 5) is 42.6. The Morgan fingerprint density at radius 2 is 1.52 bits per heavy atom. The van der Waals surface area contributed by atoms with Crippen LogP contribution in [0.1, 0.15) is 76.0 Å². The molecule has 2 aromatic carbocycles. The minimum Gasteiger partial charge on any atom is -0.366 e. The number of likely N-dealkylation sites (N-methyl/N-ethyl adjacent to an activating group) is 1. The number of carbonyl (C=O) groups is 3. The number of benzene rings is 2. The van der Waals surface area contributed by atoms with Gasteiger partial charge < -0.3 is 4.90 Å². The molecule has 4 bridgehead atoms. The third-order valence-corrected chi connectivity index (χ3v) is 10.4. The number of anilines is 2. The third-order valence-electron chi connectivity index (χ3n) is 10.4. The van der Waals surface area contributed by atoms with Gasteiger partial charge in [-0.3, -0.25) is 14.9 Å². The van der Waals surface area contributed by atoms with Crippen molar-refractivity contribution in [3.63, 3.8) is 0 Å². The summed E-state index contributed by atoms with van der Waals surface area (Å²) in [6.45, 7) is 6.42. The lowest BCUT2D eigenvalue weighted by Gasteiger charge is -2.57. The van der Waals surface area contributed by atoms with Crippen LogP contribution in [0.25, 0.3) is 11.6 Å². The van der Waals surface area contributed by atoms with E-state index >= 15 is 0 Å². The summed E-state index contributed by atoms with van der Waals surface area (Å²) in [5.41, 5.74) is 5.96. The fourth-order valence-corrected chi connectivity index (χ4v) is 8.75. The molecule has 6 aliphatic rings. The molecule has 4 aliphatic carbocycles. The zero-order chi connectivity index (χ0) is 28.0. The molecule has 2 heterocycles. The SMILES string of the molecule is CC1=CC(C)(C)N(C)c2ccc(/C=C3/C(=O)NC(=O)N(c4ccc(C56CC7CC(CC(C7)C5)C6)cc4)C3=O)cc21. The van der Waals surface area contributed by atoms with Crippen molar-refractivity contribution in [1.82, 2.24) is 5.32 Å². The second-order valence-electron chi connectivity index (χ2n) is 13.5. The number of fused-ring (bicyclic) bond motifs is 1. The lowest BCUT2D eigenvalue weighted by molar-refractivity contribution is -0.122. The molecule has 6 heteroatoms. The summed E-state index contributed by atoms with van der Waals surface area (Å²) in [5, 5.41) is 2.38. The fourth-order valence-electron chi connectivity index (χ4n) is 8.75. The van der Waals surface area contributed by atoms with Gasteiger partial charge in [0.2, 0.25) is 0 Å². The maximum absolute atomic E-state index is 13.6. The van der Waals surface area contributed by atoms with Gasteiger partial charge in [-0.2, -0.15) is 0 Å². The molecular weight excluding hydrogens is 498 g/mol. The molecule has 0 spiro atoms. The number of urea groups is 1. The first-order chi connectivity index (χ1) is 19.0. The van der Waals surface area contributed by atoms with Crippen LogP contribution in [-0.4, -0.2) is 30.4 Å². The molecule has 0 unspecified atom stereocenters. The Hall–Kier alpha value is -3.67. The highest BCUT2D eigenvalue weighted by Gasteiger charge is 2.51. The second-order valence-corrected chi connectivity index (χ2v) is 13.5. The first kappa shape index (κ1) is 25.3. The second kappa shape index (κ2) is 8.66. The van der Waals surface area contributed by atoms with E-state index in [1.807, 2.05) is 30.3 Å². The van der Waals surface area contributed by atoms with Gasteiger partial charge in [-0.25, -0.2) is 9.69 Å². The molecule has 206 valence electrons. The molecular formula is C34H37N3O3. The maximum Gasteiger partial charge on any atom is 0.335 e. The van der Waals surface area contributed by atoms with Gasteiger partial charge in [0.25, 0.3) is 11.8 Å². The van der Waals surface area contributed by atoms with Gasteiger partial charge in [0, 0.05) is 18.3 Å². The van der Waals surface area contributed by atoms with E-state index in [-0.39, 0.29) is 16.5 Å². The molecule has 6 nitrogen and oxygen atoms in total.